The average molecular weight is 459 g/mol. The number of amides is 1. The van der Waals surface area contributed by atoms with E-state index < -0.39 is 0 Å². The first-order valence-corrected chi connectivity index (χ1v) is 11.9. The first-order valence-electron chi connectivity index (χ1n) is 10.2. The number of ether oxygens (including phenoxy) is 2. The maximum absolute atomic E-state index is 12.7. The summed E-state index contributed by atoms with van der Waals surface area (Å²) in [5, 5.41) is 4.39. The number of carbonyl (C=O) groups is 2. The molecule has 0 radical (unpaired) electrons. The number of esters is 1. The molecule has 3 heterocycles. The minimum absolute atomic E-state index is 0.0463. The standard InChI is InChI=1S/C21H22N4O4S2/c1-3-29-19(27)12-7-8-15-16(12)22-20(30-15)24-18(26)11-9-25(10-11)21-23-17-13(28-2)5-4-6-14(17)31-21/h4-6,11-12H,3,7-10H2,1-2H3,(H,22,24,26). The average Bonchev–Trinajstić information content (AvgIpc) is 3.40. The number of thiazole rings is 2. The van der Waals surface area contributed by atoms with Crippen LogP contribution in [0.15, 0.2) is 18.2 Å². The Morgan fingerprint density at radius 1 is 1.26 bits per heavy atom. The molecule has 1 fully saturated rings. The van der Waals surface area contributed by atoms with Crippen molar-refractivity contribution in [1.29, 1.82) is 0 Å². The molecular weight excluding hydrogens is 436 g/mol. The number of methoxy groups -OCH3 is 1. The highest BCUT2D eigenvalue weighted by atomic mass is 32.1. The summed E-state index contributed by atoms with van der Waals surface area (Å²) >= 11 is 3.06. The van der Waals surface area contributed by atoms with Crippen molar-refractivity contribution in [2.75, 3.05) is 37.0 Å². The van der Waals surface area contributed by atoms with E-state index in [-0.39, 0.29) is 23.7 Å². The number of hydrogen-bond acceptors (Lipinski definition) is 9. The maximum atomic E-state index is 12.7. The zero-order chi connectivity index (χ0) is 21.5. The van der Waals surface area contributed by atoms with E-state index in [2.05, 4.69) is 15.2 Å². The van der Waals surface area contributed by atoms with Gasteiger partial charge in [0.15, 0.2) is 10.3 Å². The van der Waals surface area contributed by atoms with Crippen molar-refractivity contribution < 1.29 is 19.1 Å². The van der Waals surface area contributed by atoms with Crippen LogP contribution in [0.2, 0.25) is 0 Å². The van der Waals surface area contributed by atoms with Gasteiger partial charge in [-0.15, -0.1) is 11.3 Å². The summed E-state index contributed by atoms with van der Waals surface area (Å²) in [6, 6.07) is 5.87. The lowest BCUT2D eigenvalue weighted by atomic mass is 10.0. The fraction of sp³-hybridized carbons (Fsp3) is 0.429. The molecule has 162 valence electrons. The molecule has 10 heteroatoms. The Morgan fingerprint density at radius 3 is 2.87 bits per heavy atom. The Bertz CT molecular complexity index is 1150. The zero-order valence-corrected chi connectivity index (χ0v) is 18.8. The summed E-state index contributed by atoms with van der Waals surface area (Å²) in [5.74, 6) is 0.0508. The quantitative estimate of drug-likeness (QED) is 0.566. The van der Waals surface area contributed by atoms with Gasteiger partial charge in [0.2, 0.25) is 5.91 Å². The zero-order valence-electron chi connectivity index (χ0n) is 17.2. The van der Waals surface area contributed by atoms with Gasteiger partial charge in [-0.05, 0) is 31.9 Å². The van der Waals surface area contributed by atoms with Crippen LogP contribution < -0.4 is 15.0 Å². The third kappa shape index (κ3) is 3.63. The smallest absolute Gasteiger partial charge is 0.315 e. The van der Waals surface area contributed by atoms with Crippen LogP contribution in [0.1, 0.15) is 29.8 Å². The number of nitrogens with zero attached hydrogens (tertiary/aromatic N) is 3. The first-order chi connectivity index (χ1) is 15.1. The van der Waals surface area contributed by atoms with Crippen LogP contribution in [0.4, 0.5) is 10.3 Å². The van der Waals surface area contributed by atoms with Crippen LogP contribution >= 0.6 is 22.7 Å². The van der Waals surface area contributed by atoms with Gasteiger partial charge in [0.05, 0.1) is 30.0 Å². The lowest BCUT2D eigenvalue weighted by molar-refractivity contribution is -0.145. The predicted octanol–water partition coefficient (Wildman–Crippen LogP) is 3.43. The van der Waals surface area contributed by atoms with Gasteiger partial charge in [0.1, 0.15) is 17.2 Å². The monoisotopic (exact) mass is 458 g/mol. The number of para-hydroxylation sites is 1. The van der Waals surface area contributed by atoms with Gasteiger partial charge >= 0.3 is 5.97 Å². The van der Waals surface area contributed by atoms with E-state index in [1.807, 2.05) is 18.2 Å². The van der Waals surface area contributed by atoms with E-state index >= 15 is 0 Å². The number of nitrogens with one attached hydrogen (secondary N) is 1. The van der Waals surface area contributed by atoms with Crippen molar-refractivity contribution in [1.82, 2.24) is 9.97 Å². The Morgan fingerprint density at radius 2 is 2.10 bits per heavy atom. The molecule has 0 spiro atoms. The van der Waals surface area contributed by atoms with E-state index in [0.717, 1.165) is 44.5 Å². The van der Waals surface area contributed by atoms with Gasteiger partial charge < -0.3 is 19.7 Å². The highest BCUT2D eigenvalue weighted by Gasteiger charge is 2.37. The Hall–Kier alpha value is -2.72. The molecule has 2 aliphatic rings. The highest BCUT2D eigenvalue weighted by molar-refractivity contribution is 7.22. The molecule has 1 aromatic carbocycles. The molecule has 8 nitrogen and oxygen atoms in total. The number of anilines is 2. The fourth-order valence-corrected chi connectivity index (χ4v) is 6.02. The number of rotatable bonds is 6. The molecule has 5 rings (SSSR count). The van der Waals surface area contributed by atoms with Crippen molar-refractivity contribution in [3.8, 4) is 5.75 Å². The molecule has 3 aromatic rings. The number of benzene rings is 1. The second-order valence-electron chi connectivity index (χ2n) is 7.57. The summed E-state index contributed by atoms with van der Waals surface area (Å²) in [4.78, 5) is 37.2. The van der Waals surface area contributed by atoms with Gasteiger partial charge in [0, 0.05) is 18.0 Å². The van der Waals surface area contributed by atoms with E-state index in [4.69, 9.17) is 14.5 Å². The van der Waals surface area contributed by atoms with Crippen LogP contribution in [-0.4, -0.2) is 48.7 Å². The topological polar surface area (TPSA) is 93.7 Å². The second kappa shape index (κ2) is 8.08. The third-order valence-electron chi connectivity index (χ3n) is 5.63. The van der Waals surface area contributed by atoms with Crippen LogP contribution in [0.3, 0.4) is 0 Å². The molecule has 0 bridgehead atoms. The molecule has 1 N–H and O–H groups in total. The van der Waals surface area contributed by atoms with Gasteiger partial charge in [-0.25, -0.2) is 9.97 Å². The molecule has 0 saturated carbocycles. The molecule has 1 saturated heterocycles. The minimum atomic E-state index is -0.313. The summed E-state index contributed by atoms with van der Waals surface area (Å²) in [5.41, 5.74) is 1.61. The Labute approximate surface area is 187 Å². The number of carbonyl (C=O) groups excluding carboxylic acids is 2. The molecule has 1 aliphatic heterocycles. The first kappa shape index (κ1) is 20.2. The minimum Gasteiger partial charge on any atom is -0.494 e. The lowest BCUT2D eigenvalue weighted by Gasteiger charge is -2.37. The molecule has 1 unspecified atom stereocenters. The van der Waals surface area contributed by atoms with Crippen LogP contribution in [-0.2, 0) is 20.7 Å². The van der Waals surface area contributed by atoms with E-state index in [9.17, 15) is 9.59 Å². The van der Waals surface area contributed by atoms with Crippen molar-refractivity contribution >= 4 is 55.0 Å². The number of fused-ring (bicyclic) bond motifs is 2. The number of aromatic nitrogens is 2. The largest absolute Gasteiger partial charge is 0.494 e. The van der Waals surface area contributed by atoms with Gasteiger partial charge in [-0.2, -0.15) is 0 Å². The molecule has 2 aromatic heterocycles. The van der Waals surface area contributed by atoms with Crippen molar-refractivity contribution in [2.45, 2.75) is 25.7 Å². The second-order valence-corrected chi connectivity index (χ2v) is 9.66. The molecule has 31 heavy (non-hydrogen) atoms. The molecule has 1 atom stereocenters. The van der Waals surface area contributed by atoms with Crippen molar-refractivity contribution in [3.05, 3.63) is 28.8 Å². The van der Waals surface area contributed by atoms with Gasteiger partial charge in [-0.3, -0.25) is 9.59 Å². The summed E-state index contributed by atoms with van der Waals surface area (Å²) in [6.07, 6.45) is 1.52. The van der Waals surface area contributed by atoms with Crippen molar-refractivity contribution in [2.24, 2.45) is 5.92 Å². The molecular formula is C21H22N4O4S2. The summed E-state index contributed by atoms with van der Waals surface area (Å²) in [6.45, 7) is 3.39. The van der Waals surface area contributed by atoms with Crippen LogP contribution in [0.25, 0.3) is 10.2 Å². The lowest BCUT2D eigenvalue weighted by Crippen LogP contribution is -2.52. The van der Waals surface area contributed by atoms with E-state index in [0.29, 0.717) is 24.8 Å². The van der Waals surface area contributed by atoms with E-state index in [1.165, 1.54) is 11.3 Å². The SMILES string of the molecule is CCOC(=O)C1CCc2sc(NC(=O)C3CN(c4nc5c(OC)cccc5s4)C3)nc21. The number of hydrogen-bond donors (Lipinski definition) is 1. The molecule has 1 aliphatic carbocycles. The highest BCUT2D eigenvalue weighted by Crippen LogP contribution is 2.40. The fourth-order valence-electron chi connectivity index (χ4n) is 3.97. The van der Waals surface area contributed by atoms with Crippen LogP contribution in [0.5, 0.6) is 5.75 Å². The third-order valence-corrected chi connectivity index (χ3v) is 7.76. The van der Waals surface area contributed by atoms with Gasteiger partial charge in [-0.1, -0.05) is 17.4 Å². The van der Waals surface area contributed by atoms with Crippen LogP contribution in [0, 0.1) is 5.92 Å². The normalized spacial score (nSPS) is 18.0. The summed E-state index contributed by atoms with van der Waals surface area (Å²) < 4.78 is 11.6. The number of aryl methyl sites for hydroxylation is 1. The Balaban J connectivity index is 1.21. The Kier molecular flexibility index (Phi) is 5.27. The predicted molar refractivity (Wildman–Crippen MR) is 120 cm³/mol. The summed E-state index contributed by atoms with van der Waals surface area (Å²) in [7, 11) is 1.64. The van der Waals surface area contributed by atoms with Crippen molar-refractivity contribution in [3.63, 3.8) is 0 Å². The molecule has 1 amide bonds. The van der Waals surface area contributed by atoms with E-state index in [1.54, 1.807) is 25.4 Å². The van der Waals surface area contributed by atoms with Gasteiger partial charge in [0.25, 0.3) is 0 Å². The maximum Gasteiger partial charge on any atom is 0.315 e.